The fourth-order valence-electron chi connectivity index (χ4n) is 2.94. The summed E-state index contributed by atoms with van der Waals surface area (Å²) in [6, 6.07) is 15.5. The Hall–Kier alpha value is -3.18. The van der Waals surface area contributed by atoms with Crippen molar-refractivity contribution >= 4 is 39.6 Å². The maximum Gasteiger partial charge on any atom is 0.340 e. The molecule has 134 valence electrons. The fraction of sp³-hybridized carbons (Fsp3) is 0.0952. The number of fused-ring (bicyclic) bond motifs is 2. The zero-order valence-electron chi connectivity index (χ0n) is 14.4. The van der Waals surface area contributed by atoms with Gasteiger partial charge >= 0.3 is 5.97 Å². The van der Waals surface area contributed by atoms with Crippen molar-refractivity contribution in [2.24, 2.45) is 0 Å². The molecule has 0 atom stereocenters. The van der Waals surface area contributed by atoms with Gasteiger partial charge in [-0.05, 0) is 31.2 Å². The lowest BCUT2D eigenvalue weighted by molar-refractivity contribution is 0.0527. The predicted molar refractivity (Wildman–Crippen MR) is 104 cm³/mol. The normalized spacial score (nSPS) is 11.0. The van der Waals surface area contributed by atoms with Crippen molar-refractivity contribution in [3.8, 4) is 11.3 Å². The number of pyridine rings is 1. The average Bonchev–Trinajstić information content (AvgIpc) is 2.69. The van der Waals surface area contributed by atoms with Gasteiger partial charge < -0.3 is 9.15 Å². The molecule has 0 unspecified atom stereocenters. The van der Waals surface area contributed by atoms with E-state index in [1.165, 1.54) is 12.1 Å². The molecule has 0 aliphatic heterocycles. The van der Waals surface area contributed by atoms with Gasteiger partial charge in [0.15, 0.2) is 0 Å². The van der Waals surface area contributed by atoms with Crippen molar-refractivity contribution in [3.05, 3.63) is 75.4 Å². The van der Waals surface area contributed by atoms with E-state index in [9.17, 15) is 9.59 Å². The molecule has 0 aliphatic rings. The summed E-state index contributed by atoms with van der Waals surface area (Å²) in [5, 5.41) is 0.959. The van der Waals surface area contributed by atoms with Crippen LogP contribution in [0.1, 0.15) is 17.3 Å². The molecule has 0 N–H and O–H groups in total. The first kappa shape index (κ1) is 17.2. The van der Waals surface area contributed by atoms with Crippen LogP contribution in [0.4, 0.5) is 0 Å². The Labute approximate surface area is 159 Å². The molecule has 4 aromatic rings. The summed E-state index contributed by atoms with van der Waals surface area (Å²) in [6.45, 7) is 1.94. The third kappa shape index (κ3) is 3.06. The Kier molecular flexibility index (Phi) is 4.38. The molecule has 0 saturated carbocycles. The van der Waals surface area contributed by atoms with Crippen LogP contribution in [-0.4, -0.2) is 17.6 Å². The molecular formula is C21H14ClNO4. The number of benzene rings is 2. The first-order valence-electron chi connectivity index (χ1n) is 8.38. The van der Waals surface area contributed by atoms with Crippen LogP contribution in [-0.2, 0) is 4.74 Å². The van der Waals surface area contributed by atoms with Gasteiger partial charge in [0, 0.05) is 10.6 Å². The van der Waals surface area contributed by atoms with Crippen LogP contribution in [0.5, 0.6) is 0 Å². The van der Waals surface area contributed by atoms with Gasteiger partial charge in [-0.15, -0.1) is 0 Å². The summed E-state index contributed by atoms with van der Waals surface area (Å²) in [5.41, 5.74) is 1.57. The summed E-state index contributed by atoms with van der Waals surface area (Å²) in [7, 11) is 0. The maximum atomic E-state index is 12.9. The number of rotatable bonds is 3. The van der Waals surface area contributed by atoms with E-state index >= 15 is 0 Å². The second-order valence-electron chi connectivity index (χ2n) is 5.90. The Balaban J connectivity index is 2.08. The molecule has 27 heavy (non-hydrogen) atoms. The third-order valence-corrected chi connectivity index (χ3v) is 4.40. The lowest BCUT2D eigenvalue weighted by Gasteiger charge is -2.10. The van der Waals surface area contributed by atoms with Gasteiger partial charge in [-0.3, -0.25) is 4.79 Å². The van der Waals surface area contributed by atoms with Crippen LogP contribution >= 0.6 is 11.6 Å². The molecule has 0 amide bonds. The monoisotopic (exact) mass is 379 g/mol. The van der Waals surface area contributed by atoms with Gasteiger partial charge in [0.1, 0.15) is 5.58 Å². The van der Waals surface area contributed by atoms with E-state index in [4.69, 9.17) is 20.8 Å². The SMILES string of the molecule is CCOC(=O)c1cc2c(=O)c3cc(Cl)ccc3oc2nc1-c1ccccc1. The summed E-state index contributed by atoms with van der Waals surface area (Å²) in [4.78, 5) is 29.9. The van der Waals surface area contributed by atoms with Gasteiger partial charge in [-0.25, -0.2) is 9.78 Å². The highest BCUT2D eigenvalue weighted by Gasteiger charge is 2.20. The highest BCUT2D eigenvalue weighted by Crippen LogP contribution is 2.27. The number of carbonyl (C=O) groups is 1. The van der Waals surface area contributed by atoms with Crippen molar-refractivity contribution in [3.63, 3.8) is 0 Å². The molecule has 4 rings (SSSR count). The van der Waals surface area contributed by atoms with E-state index in [1.54, 1.807) is 19.1 Å². The molecule has 2 aromatic carbocycles. The molecule has 5 nitrogen and oxygen atoms in total. The second kappa shape index (κ2) is 6.85. The number of esters is 1. The van der Waals surface area contributed by atoms with Crippen molar-refractivity contribution in [2.45, 2.75) is 6.92 Å². The predicted octanol–water partition coefficient (Wildman–Crippen LogP) is 4.84. The highest BCUT2D eigenvalue weighted by molar-refractivity contribution is 6.31. The standard InChI is InChI=1S/C21H14ClNO4/c1-2-26-21(25)15-11-16-19(24)14-10-13(22)8-9-17(14)27-20(16)23-18(15)12-6-4-3-5-7-12/h3-11H,2H2,1H3. The summed E-state index contributed by atoms with van der Waals surface area (Å²) in [5.74, 6) is -0.545. The Morgan fingerprint density at radius 3 is 2.63 bits per heavy atom. The van der Waals surface area contributed by atoms with Gasteiger partial charge in [-0.1, -0.05) is 41.9 Å². The van der Waals surface area contributed by atoms with E-state index in [2.05, 4.69) is 4.98 Å². The van der Waals surface area contributed by atoms with E-state index in [1.807, 2.05) is 30.3 Å². The smallest absolute Gasteiger partial charge is 0.340 e. The number of aromatic nitrogens is 1. The lowest BCUT2D eigenvalue weighted by Crippen LogP contribution is -2.11. The number of nitrogens with zero attached hydrogens (tertiary/aromatic N) is 1. The number of hydrogen-bond donors (Lipinski definition) is 0. The topological polar surface area (TPSA) is 69.4 Å². The van der Waals surface area contributed by atoms with E-state index in [0.717, 1.165) is 5.56 Å². The number of ether oxygens (including phenoxy) is 1. The molecular weight excluding hydrogens is 366 g/mol. The molecule has 0 aliphatic carbocycles. The summed E-state index contributed by atoms with van der Waals surface area (Å²) < 4.78 is 11.0. The Bertz CT molecular complexity index is 1230. The first-order valence-corrected chi connectivity index (χ1v) is 8.76. The van der Waals surface area contributed by atoms with Crippen molar-refractivity contribution in [2.75, 3.05) is 6.61 Å². The Morgan fingerprint density at radius 1 is 1.11 bits per heavy atom. The quantitative estimate of drug-likeness (QED) is 0.376. The van der Waals surface area contributed by atoms with E-state index < -0.39 is 5.97 Å². The van der Waals surface area contributed by atoms with E-state index in [0.29, 0.717) is 21.7 Å². The zero-order chi connectivity index (χ0) is 19.0. The fourth-order valence-corrected chi connectivity index (χ4v) is 3.11. The summed E-state index contributed by atoms with van der Waals surface area (Å²) >= 11 is 6.00. The minimum atomic E-state index is -0.545. The first-order chi connectivity index (χ1) is 13.1. The van der Waals surface area contributed by atoms with Crippen LogP contribution in [0.25, 0.3) is 33.3 Å². The molecule has 0 spiro atoms. The van der Waals surface area contributed by atoms with Crippen LogP contribution in [0.2, 0.25) is 5.02 Å². The Morgan fingerprint density at radius 2 is 1.89 bits per heavy atom. The molecule has 0 saturated heterocycles. The van der Waals surface area contributed by atoms with Gasteiger partial charge in [0.05, 0.1) is 28.6 Å². The van der Waals surface area contributed by atoms with Crippen LogP contribution in [0.15, 0.2) is 63.8 Å². The van der Waals surface area contributed by atoms with E-state index in [-0.39, 0.29) is 28.7 Å². The zero-order valence-corrected chi connectivity index (χ0v) is 15.1. The summed E-state index contributed by atoms with van der Waals surface area (Å²) in [6.07, 6.45) is 0. The van der Waals surface area contributed by atoms with Gasteiger partial charge in [0.25, 0.3) is 0 Å². The average molecular weight is 380 g/mol. The van der Waals surface area contributed by atoms with Crippen molar-refractivity contribution < 1.29 is 13.9 Å². The molecule has 2 aromatic heterocycles. The molecule has 6 heteroatoms. The second-order valence-corrected chi connectivity index (χ2v) is 6.33. The van der Waals surface area contributed by atoms with Crippen LogP contribution in [0.3, 0.4) is 0 Å². The third-order valence-electron chi connectivity index (χ3n) is 4.17. The van der Waals surface area contributed by atoms with Crippen molar-refractivity contribution in [1.29, 1.82) is 0 Å². The van der Waals surface area contributed by atoms with Gasteiger partial charge in [-0.2, -0.15) is 0 Å². The molecule has 2 heterocycles. The molecule has 0 radical (unpaired) electrons. The number of carbonyl (C=O) groups excluding carboxylic acids is 1. The molecule has 0 fully saturated rings. The van der Waals surface area contributed by atoms with Gasteiger partial charge in [0.2, 0.25) is 11.1 Å². The van der Waals surface area contributed by atoms with Crippen molar-refractivity contribution in [1.82, 2.24) is 4.98 Å². The minimum absolute atomic E-state index is 0.154. The van der Waals surface area contributed by atoms with Crippen LogP contribution < -0.4 is 5.43 Å². The maximum absolute atomic E-state index is 12.9. The minimum Gasteiger partial charge on any atom is -0.462 e. The highest BCUT2D eigenvalue weighted by atomic mass is 35.5. The van der Waals surface area contributed by atoms with Crippen LogP contribution in [0, 0.1) is 0 Å². The molecule has 0 bridgehead atoms. The largest absolute Gasteiger partial charge is 0.462 e. The number of halogens is 1. The lowest BCUT2D eigenvalue weighted by atomic mass is 10.0. The number of hydrogen-bond acceptors (Lipinski definition) is 5.